The van der Waals surface area contributed by atoms with Gasteiger partial charge in [-0.15, -0.1) is 0 Å². The van der Waals surface area contributed by atoms with E-state index >= 15 is 0 Å². The third-order valence-electron chi connectivity index (χ3n) is 5.29. The number of nitrogens with one attached hydrogen (secondary N) is 1. The fourth-order valence-electron chi connectivity index (χ4n) is 3.81. The lowest BCUT2D eigenvalue weighted by Crippen LogP contribution is -2.29. The van der Waals surface area contributed by atoms with Crippen LogP contribution in [0.3, 0.4) is 0 Å². The van der Waals surface area contributed by atoms with Gasteiger partial charge in [0.05, 0.1) is 5.69 Å². The van der Waals surface area contributed by atoms with E-state index in [9.17, 15) is 17.2 Å². The molecule has 3 aromatic rings. The Kier molecular flexibility index (Phi) is 6.17. The molecule has 2 atom stereocenters. The van der Waals surface area contributed by atoms with Gasteiger partial charge in [-0.3, -0.25) is 9.71 Å². The highest BCUT2D eigenvalue weighted by Crippen LogP contribution is 2.37. The second-order valence-electron chi connectivity index (χ2n) is 7.51. The number of benzene rings is 1. The molecule has 11 heteroatoms. The summed E-state index contributed by atoms with van der Waals surface area (Å²) in [4.78, 5) is 10.7. The first kappa shape index (κ1) is 21.9. The number of nitrogens with zero attached hydrogens (tertiary/aromatic N) is 3. The molecule has 1 aromatic carbocycles. The third kappa shape index (κ3) is 4.77. The molecule has 1 aliphatic carbocycles. The van der Waals surface area contributed by atoms with Crippen molar-refractivity contribution in [3.63, 3.8) is 0 Å². The van der Waals surface area contributed by atoms with Crippen LogP contribution in [0, 0.1) is 11.6 Å². The molecule has 0 amide bonds. The maximum Gasteiger partial charge on any atom is 0.266 e. The summed E-state index contributed by atoms with van der Waals surface area (Å²) in [5, 5.41) is 0. The Balaban J connectivity index is 1.59. The monoisotopic (exact) mass is 461 g/mol. The van der Waals surface area contributed by atoms with Crippen LogP contribution in [0.15, 0.2) is 54.1 Å². The maximum absolute atomic E-state index is 14.8. The van der Waals surface area contributed by atoms with E-state index in [-0.39, 0.29) is 17.5 Å². The fourth-order valence-corrected chi connectivity index (χ4v) is 4.89. The van der Waals surface area contributed by atoms with Crippen LogP contribution in [0.5, 0.6) is 5.75 Å². The molecule has 0 aliphatic heterocycles. The first-order valence-corrected chi connectivity index (χ1v) is 11.5. The van der Waals surface area contributed by atoms with Crippen LogP contribution in [-0.2, 0) is 10.0 Å². The SMILES string of the molecule is Nc1cncc([C@H]2CCCC[C@@H]2Oc2cc(F)c(S(=O)(=O)Nc3ccncn3)cc2F)c1. The quantitative estimate of drug-likeness (QED) is 0.575. The Morgan fingerprint density at radius 1 is 1.06 bits per heavy atom. The zero-order valence-electron chi connectivity index (χ0n) is 16.9. The molecule has 0 bridgehead atoms. The lowest BCUT2D eigenvalue weighted by molar-refractivity contribution is 0.124. The molecule has 32 heavy (non-hydrogen) atoms. The molecule has 0 saturated heterocycles. The lowest BCUT2D eigenvalue weighted by atomic mass is 9.82. The minimum Gasteiger partial charge on any atom is -0.487 e. The molecule has 2 heterocycles. The number of hydrogen-bond donors (Lipinski definition) is 2. The average molecular weight is 461 g/mol. The fraction of sp³-hybridized carbons (Fsp3) is 0.286. The third-order valence-corrected chi connectivity index (χ3v) is 6.66. The van der Waals surface area contributed by atoms with Crippen LogP contribution in [0.4, 0.5) is 20.3 Å². The number of halogens is 2. The van der Waals surface area contributed by atoms with Crippen LogP contribution < -0.4 is 15.2 Å². The van der Waals surface area contributed by atoms with Gasteiger partial charge in [0.25, 0.3) is 10.0 Å². The van der Waals surface area contributed by atoms with Gasteiger partial charge in [-0.05, 0) is 37.0 Å². The molecule has 2 aromatic heterocycles. The molecule has 168 valence electrons. The van der Waals surface area contributed by atoms with E-state index in [4.69, 9.17) is 10.5 Å². The molecular formula is C21H21F2N5O3S. The van der Waals surface area contributed by atoms with Crippen LogP contribution in [0.1, 0.15) is 37.2 Å². The summed E-state index contributed by atoms with van der Waals surface area (Å²) in [7, 11) is -4.41. The second-order valence-corrected chi connectivity index (χ2v) is 9.16. The van der Waals surface area contributed by atoms with Crippen molar-refractivity contribution in [3.05, 3.63) is 66.4 Å². The molecule has 1 fully saturated rings. The van der Waals surface area contributed by atoms with Gasteiger partial charge < -0.3 is 10.5 Å². The number of pyridine rings is 1. The van der Waals surface area contributed by atoms with E-state index in [2.05, 4.69) is 19.7 Å². The Morgan fingerprint density at radius 2 is 1.88 bits per heavy atom. The first-order chi connectivity index (χ1) is 15.3. The van der Waals surface area contributed by atoms with Gasteiger partial charge in [0.15, 0.2) is 11.6 Å². The van der Waals surface area contributed by atoms with Gasteiger partial charge in [-0.2, -0.15) is 0 Å². The van der Waals surface area contributed by atoms with Gasteiger partial charge >= 0.3 is 0 Å². The van der Waals surface area contributed by atoms with Gasteiger partial charge in [0.1, 0.15) is 29.0 Å². The predicted octanol–water partition coefficient (Wildman–Crippen LogP) is 3.64. The lowest BCUT2D eigenvalue weighted by Gasteiger charge is -2.32. The summed E-state index contributed by atoms with van der Waals surface area (Å²) >= 11 is 0. The zero-order valence-corrected chi connectivity index (χ0v) is 17.7. The second kappa shape index (κ2) is 9.03. The van der Waals surface area contributed by atoms with Crippen LogP contribution in [0.2, 0.25) is 0 Å². The Morgan fingerprint density at radius 3 is 2.62 bits per heavy atom. The van der Waals surface area contributed by atoms with E-state index in [1.54, 1.807) is 12.3 Å². The minimum absolute atomic E-state index is 0.0686. The van der Waals surface area contributed by atoms with Gasteiger partial charge in [0, 0.05) is 36.6 Å². The maximum atomic E-state index is 14.8. The first-order valence-electron chi connectivity index (χ1n) is 9.98. The summed E-state index contributed by atoms with van der Waals surface area (Å²) in [6.45, 7) is 0. The van der Waals surface area contributed by atoms with Crippen molar-refractivity contribution in [1.82, 2.24) is 15.0 Å². The van der Waals surface area contributed by atoms with Crippen LogP contribution in [0.25, 0.3) is 0 Å². The minimum atomic E-state index is -4.41. The van der Waals surface area contributed by atoms with Crippen molar-refractivity contribution >= 4 is 21.5 Å². The molecule has 0 spiro atoms. The number of nitrogen functional groups attached to an aromatic ring is 1. The summed E-state index contributed by atoms with van der Waals surface area (Å²) in [6.07, 6.45) is 8.49. The Labute approximate surface area is 183 Å². The molecule has 1 aliphatic rings. The topological polar surface area (TPSA) is 120 Å². The van der Waals surface area contributed by atoms with E-state index < -0.39 is 32.7 Å². The number of sulfonamides is 1. The summed E-state index contributed by atoms with van der Waals surface area (Å²) < 4.78 is 62.5. The van der Waals surface area contributed by atoms with Crippen molar-refractivity contribution in [2.24, 2.45) is 0 Å². The standard InChI is InChI=1S/C21H21F2N5O3S/c22-16-9-20(32(29,30)28-21-5-6-25-12-27-21)17(23)8-19(16)31-18-4-2-1-3-15(18)13-7-14(24)11-26-10-13/h5-12,15,18H,1-4,24H2,(H,25,27,28)/t15-,18+/m1/s1. The number of ether oxygens (including phenoxy) is 1. The molecule has 1 saturated carbocycles. The number of nitrogens with two attached hydrogens (primary N) is 1. The number of hydrogen-bond acceptors (Lipinski definition) is 7. The summed E-state index contributed by atoms with van der Waals surface area (Å²) in [5.74, 6) is -2.63. The normalized spacial score (nSPS) is 18.8. The average Bonchev–Trinajstić information content (AvgIpc) is 2.77. The largest absolute Gasteiger partial charge is 0.487 e. The van der Waals surface area contributed by atoms with E-state index in [1.165, 1.54) is 18.5 Å². The molecule has 0 unspecified atom stereocenters. The molecular weight excluding hydrogens is 440 g/mol. The van der Waals surface area contributed by atoms with Crippen molar-refractivity contribution in [1.29, 1.82) is 0 Å². The molecule has 8 nitrogen and oxygen atoms in total. The Hall–Kier alpha value is -3.34. The number of aromatic nitrogens is 3. The highest BCUT2D eigenvalue weighted by atomic mass is 32.2. The predicted molar refractivity (Wildman–Crippen MR) is 113 cm³/mol. The van der Waals surface area contributed by atoms with Crippen molar-refractivity contribution in [3.8, 4) is 5.75 Å². The van der Waals surface area contributed by atoms with Gasteiger partial charge in [0.2, 0.25) is 0 Å². The van der Waals surface area contributed by atoms with Crippen LogP contribution >= 0.6 is 0 Å². The smallest absolute Gasteiger partial charge is 0.266 e. The molecule has 0 radical (unpaired) electrons. The number of anilines is 2. The zero-order chi connectivity index (χ0) is 22.7. The van der Waals surface area contributed by atoms with E-state index in [0.717, 1.165) is 37.2 Å². The Bertz CT molecular complexity index is 1210. The van der Waals surface area contributed by atoms with Gasteiger partial charge in [-0.1, -0.05) is 6.42 Å². The highest BCUT2D eigenvalue weighted by Gasteiger charge is 2.30. The molecule has 4 rings (SSSR count). The van der Waals surface area contributed by atoms with Crippen LogP contribution in [-0.4, -0.2) is 29.5 Å². The van der Waals surface area contributed by atoms with Gasteiger partial charge in [-0.25, -0.2) is 27.2 Å². The van der Waals surface area contributed by atoms with Crippen molar-refractivity contribution < 1.29 is 21.9 Å². The summed E-state index contributed by atoms with van der Waals surface area (Å²) in [6, 6.07) is 4.45. The van der Waals surface area contributed by atoms with Crippen molar-refractivity contribution in [2.45, 2.75) is 42.6 Å². The summed E-state index contributed by atoms with van der Waals surface area (Å²) in [5.41, 5.74) is 7.21. The number of rotatable bonds is 6. The van der Waals surface area contributed by atoms with E-state index in [0.29, 0.717) is 18.2 Å². The van der Waals surface area contributed by atoms with Crippen molar-refractivity contribution in [2.75, 3.05) is 10.5 Å². The highest BCUT2D eigenvalue weighted by molar-refractivity contribution is 7.92. The van der Waals surface area contributed by atoms with E-state index in [1.807, 2.05) is 0 Å². The molecule has 3 N–H and O–H groups in total.